The van der Waals surface area contributed by atoms with Crippen LogP contribution in [0, 0.1) is 5.82 Å². The van der Waals surface area contributed by atoms with Gasteiger partial charge < -0.3 is 5.32 Å². The van der Waals surface area contributed by atoms with E-state index in [1.54, 1.807) is 12.1 Å². The van der Waals surface area contributed by atoms with Gasteiger partial charge in [0, 0.05) is 17.5 Å². The van der Waals surface area contributed by atoms with E-state index in [9.17, 15) is 9.18 Å². The summed E-state index contributed by atoms with van der Waals surface area (Å²) in [5.74, 6) is -0.585. The molecule has 0 bridgehead atoms. The number of benzene rings is 2. The number of hydrogen-bond acceptors (Lipinski definition) is 2. The van der Waals surface area contributed by atoms with E-state index in [1.807, 2.05) is 37.3 Å². The predicted octanol–water partition coefficient (Wildman–Crippen LogP) is 4.18. The highest BCUT2D eigenvalue weighted by molar-refractivity contribution is 6.07. The molecule has 0 radical (unpaired) electrons. The molecule has 3 aromatic rings. The first-order valence-electron chi connectivity index (χ1n) is 7.63. The van der Waals surface area contributed by atoms with Crippen LogP contribution in [0.1, 0.15) is 23.7 Å². The van der Waals surface area contributed by atoms with Crippen molar-refractivity contribution in [2.45, 2.75) is 13.3 Å². The Kier molecular flexibility index (Phi) is 4.33. The third kappa shape index (κ3) is 3.21. The number of hydrogen-bond donors (Lipinski definition) is 1. The van der Waals surface area contributed by atoms with Crippen LogP contribution in [0.25, 0.3) is 22.2 Å². The molecule has 1 amide bonds. The highest BCUT2D eigenvalue weighted by Gasteiger charge is 2.14. The minimum Gasteiger partial charge on any atom is -0.352 e. The summed E-state index contributed by atoms with van der Waals surface area (Å²) in [6.45, 7) is 2.57. The smallest absolute Gasteiger partial charge is 0.252 e. The lowest BCUT2D eigenvalue weighted by molar-refractivity contribution is 0.0955. The Labute approximate surface area is 134 Å². The number of nitrogens with one attached hydrogen (secondary N) is 1. The van der Waals surface area contributed by atoms with Crippen LogP contribution < -0.4 is 5.32 Å². The largest absolute Gasteiger partial charge is 0.352 e. The van der Waals surface area contributed by atoms with Crippen molar-refractivity contribution in [1.82, 2.24) is 10.3 Å². The number of aromatic nitrogens is 1. The van der Waals surface area contributed by atoms with Gasteiger partial charge in [0.05, 0.1) is 16.8 Å². The average molecular weight is 308 g/mol. The van der Waals surface area contributed by atoms with Gasteiger partial charge in [-0.15, -0.1) is 0 Å². The van der Waals surface area contributed by atoms with E-state index in [4.69, 9.17) is 0 Å². The molecule has 23 heavy (non-hydrogen) atoms. The van der Waals surface area contributed by atoms with Gasteiger partial charge in [-0.2, -0.15) is 0 Å². The lowest BCUT2D eigenvalue weighted by atomic mass is 10.0. The summed E-state index contributed by atoms with van der Waals surface area (Å²) in [5.41, 5.74) is 2.67. The molecule has 1 heterocycles. The molecule has 0 fully saturated rings. The van der Waals surface area contributed by atoms with E-state index in [0.717, 1.165) is 12.0 Å². The van der Waals surface area contributed by atoms with Crippen LogP contribution >= 0.6 is 0 Å². The third-order valence-electron chi connectivity index (χ3n) is 3.62. The minimum atomic E-state index is -0.378. The molecule has 0 unspecified atom stereocenters. The van der Waals surface area contributed by atoms with E-state index in [2.05, 4.69) is 10.3 Å². The van der Waals surface area contributed by atoms with E-state index in [-0.39, 0.29) is 11.7 Å². The summed E-state index contributed by atoms with van der Waals surface area (Å²) in [5, 5.41) is 3.38. The van der Waals surface area contributed by atoms with Crippen molar-refractivity contribution in [3.05, 3.63) is 66.0 Å². The van der Waals surface area contributed by atoms with Crippen molar-refractivity contribution in [1.29, 1.82) is 0 Å². The number of rotatable bonds is 4. The molecule has 0 saturated heterocycles. The van der Waals surface area contributed by atoms with Crippen LogP contribution in [0.3, 0.4) is 0 Å². The summed E-state index contributed by atoms with van der Waals surface area (Å²) in [6.07, 6.45) is 0.842. The van der Waals surface area contributed by atoms with Gasteiger partial charge >= 0.3 is 0 Å². The summed E-state index contributed by atoms with van der Waals surface area (Å²) in [4.78, 5) is 17.0. The van der Waals surface area contributed by atoms with Gasteiger partial charge in [0.15, 0.2) is 0 Å². The fourth-order valence-electron chi connectivity index (χ4n) is 2.48. The van der Waals surface area contributed by atoms with Gasteiger partial charge in [-0.3, -0.25) is 4.79 Å². The lowest BCUT2D eigenvalue weighted by Crippen LogP contribution is -2.24. The zero-order valence-electron chi connectivity index (χ0n) is 12.8. The number of pyridine rings is 1. The molecular formula is C19H17FN2O. The minimum absolute atomic E-state index is 0.206. The Balaban J connectivity index is 2.18. The molecule has 0 atom stereocenters. The van der Waals surface area contributed by atoms with Gasteiger partial charge in [-0.1, -0.05) is 37.3 Å². The van der Waals surface area contributed by atoms with E-state index >= 15 is 0 Å². The van der Waals surface area contributed by atoms with Crippen LogP contribution in [0.2, 0.25) is 0 Å². The highest BCUT2D eigenvalue weighted by Crippen LogP contribution is 2.25. The predicted molar refractivity (Wildman–Crippen MR) is 89.8 cm³/mol. The Morgan fingerprint density at radius 2 is 1.91 bits per heavy atom. The molecule has 0 saturated carbocycles. The van der Waals surface area contributed by atoms with Crippen molar-refractivity contribution in [2.24, 2.45) is 0 Å². The van der Waals surface area contributed by atoms with Crippen molar-refractivity contribution < 1.29 is 9.18 Å². The maximum Gasteiger partial charge on any atom is 0.252 e. The van der Waals surface area contributed by atoms with Crippen LogP contribution in [0.15, 0.2) is 54.6 Å². The molecule has 116 valence electrons. The summed E-state index contributed by atoms with van der Waals surface area (Å²) in [7, 11) is 0. The van der Waals surface area contributed by atoms with Crippen molar-refractivity contribution in [3.8, 4) is 11.3 Å². The Bertz CT molecular complexity index is 847. The summed E-state index contributed by atoms with van der Waals surface area (Å²) < 4.78 is 13.6. The number of halogens is 1. The number of carbonyl (C=O) groups is 1. The maximum absolute atomic E-state index is 13.6. The van der Waals surface area contributed by atoms with Gasteiger partial charge in [0.1, 0.15) is 5.82 Å². The zero-order valence-corrected chi connectivity index (χ0v) is 12.8. The first-order valence-corrected chi connectivity index (χ1v) is 7.63. The zero-order chi connectivity index (χ0) is 16.2. The van der Waals surface area contributed by atoms with E-state index < -0.39 is 0 Å². The normalized spacial score (nSPS) is 10.7. The molecule has 0 aliphatic rings. The standard InChI is InChI=1S/C19H17FN2O/c1-2-10-21-19(23)16-12-18(13-6-4-3-5-7-13)22-17-9-8-14(20)11-15(16)17/h3-9,11-12H,2,10H2,1H3,(H,21,23). The number of carbonyl (C=O) groups excluding carboxylic acids is 1. The van der Waals surface area contributed by atoms with E-state index in [0.29, 0.717) is 28.7 Å². The van der Waals surface area contributed by atoms with Crippen LogP contribution in [0.5, 0.6) is 0 Å². The Hall–Kier alpha value is -2.75. The van der Waals surface area contributed by atoms with Gasteiger partial charge in [0.25, 0.3) is 5.91 Å². The fraction of sp³-hybridized carbons (Fsp3) is 0.158. The molecule has 0 aliphatic carbocycles. The monoisotopic (exact) mass is 308 g/mol. The first kappa shape index (κ1) is 15.2. The molecule has 1 aromatic heterocycles. The molecule has 1 N–H and O–H groups in total. The summed E-state index contributed by atoms with van der Waals surface area (Å²) in [6, 6.07) is 15.7. The van der Waals surface area contributed by atoms with Crippen molar-refractivity contribution in [2.75, 3.05) is 6.54 Å². The van der Waals surface area contributed by atoms with Crippen molar-refractivity contribution >= 4 is 16.8 Å². The second-order valence-electron chi connectivity index (χ2n) is 5.34. The Morgan fingerprint density at radius 3 is 2.65 bits per heavy atom. The molecule has 2 aromatic carbocycles. The topological polar surface area (TPSA) is 42.0 Å². The second-order valence-corrected chi connectivity index (χ2v) is 5.34. The average Bonchev–Trinajstić information content (AvgIpc) is 2.59. The van der Waals surface area contributed by atoms with Gasteiger partial charge in [-0.25, -0.2) is 9.37 Å². The van der Waals surface area contributed by atoms with Gasteiger partial charge in [0.2, 0.25) is 0 Å². The molecular weight excluding hydrogens is 291 g/mol. The van der Waals surface area contributed by atoms with Crippen LogP contribution in [0.4, 0.5) is 4.39 Å². The maximum atomic E-state index is 13.6. The number of fused-ring (bicyclic) bond motifs is 1. The van der Waals surface area contributed by atoms with E-state index in [1.165, 1.54) is 12.1 Å². The van der Waals surface area contributed by atoms with Gasteiger partial charge in [-0.05, 0) is 30.7 Å². The SMILES string of the molecule is CCCNC(=O)c1cc(-c2ccccc2)nc2ccc(F)cc12. The quantitative estimate of drug-likeness (QED) is 0.785. The molecule has 0 spiro atoms. The molecule has 3 nitrogen and oxygen atoms in total. The molecule has 4 heteroatoms. The molecule has 0 aliphatic heterocycles. The van der Waals surface area contributed by atoms with Crippen LogP contribution in [-0.4, -0.2) is 17.4 Å². The fourth-order valence-corrected chi connectivity index (χ4v) is 2.48. The number of amides is 1. The highest BCUT2D eigenvalue weighted by atomic mass is 19.1. The third-order valence-corrected chi connectivity index (χ3v) is 3.62. The number of nitrogens with zero attached hydrogens (tertiary/aromatic N) is 1. The summed E-state index contributed by atoms with van der Waals surface area (Å²) >= 11 is 0. The first-order chi connectivity index (χ1) is 11.2. The van der Waals surface area contributed by atoms with Crippen LogP contribution in [-0.2, 0) is 0 Å². The second kappa shape index (κ2) is 6.57. The molecule has 3 rings (SSSR count). The lowest BCUT2D eigenvalue weighted by Gasteiger charge is -2.10. The Morgan fingerprint density at radius 1 is 1.13 bits per heavy atom. The van der Waals surface area contributed by atoms with Crippen molar-refractivity contribution in [3.63, 3.8) is 0 Å².